The van der Waals surface area contributed by atoms with Gasteiger partial charge in [0, 0.05) is 27.0 Å². The lowest BCUT2D eigenvalue weighted by Crippen LogP contribution is -2.21. The highest BCUT2D eigenvalue weighted by Gasteiger charge is 2.19. The molecule has 2 aromatic heterocycles. The van der Waals surface area contributed by atoms with Crippen LogP contribution in [0.1, 0.15) is 17.1 Å². The van der Waals surface area contributed by atoms with Crippen molar-refractivity contribution in [3.8, 4) is 0 Å². The van der Waals surface area contributed by atoms with E-state index in [0.717, 1.165) is 9.50 Å². The van der Waals surface area contributed by atoms with Crippen LogP contribution in [0.2, 0.25) is 0 Å². The minimum absolute atomic E-state index is 0.0903. The molecule has 2 nitrogen and oxygen atoms in total. The van der Waals surface area contributed by atoms with Crippen molar-refractivity contribution in [2.24, 2.45) is 5.73 Å². The van der Waals surface area contributed by atoms with E-state index in [-0.39, 0.29) is 11.3 Å². The summed E-state index contributed by atoms with van der Waals surface area (Å²) in [6, 6.07) is 8.16. The van der Waals surface area contributed by atoms with Crippen LogP contribution in [0.3, 0.4) is 0 Å². The molecule has 90 valence electrons. The van der Waals surface area contributed by atoms with Gasteiger partial charge in [-0.1, -0.05) is 17.8 Å². The highest BCUT2D eigenvalue weighted by Crippen LogP contribution is 2.39. The van der Waals surface area contributed by atoms with E-state index in [4.69, 9.17) is 5.73 Å². The molecular weight excluding hydrogens is 316 g/mol. The Bertz CT molecular complexity index is 470. The predicted octanol–water partition coefficient (Wildman–Crippen LogP) is 4.09. The van der Waals surface area contributed by atoms with Gasteiger partial charge in [0.2, 0.25) is 0 Å². The first-order valence-corrected chi connectivity index (χ1v) is 7.79. The first-order valence-electron chi connectivity index (χ1n) is 5.24. The van der Waals surface area contributed by atoms with Gasteiger partial charge in [-0.3, -0.25) is 0 Å². The molecule has 0 radical (unpaired) electrons. The van der Waals surface area contributed by atoms with Crippen molar-refractivity contribution in [2.45, 2.75) is 23.2 Å². The van der Waals surface area contributed by atoms with Crippen molar-refractivity contribution in [1.82, 2.24) is 4.98 Å². The number of nitrogens with two attached hydrogens (primary N) is 1. The van der Waals surface area contributed by atoms with Crippen molar-refractivity contribution in [2.75, 3.05) is 0 Å². The number of nitrogens with zero attached hydrogens (tertiary/aromatic N) is 1. The molecule has 0 aromatic carbocycles. The van der Waals surface area contributed by atoms with Crippen LogP contribution >= 0.6 is 39.0 Å². The van der Waals surface area contributed by atoms with Gasteiger partial charge in [0.15, 0.2) is 0 Å². The number of rotatable bonds is 4. The maximum absolute atomic E-state index is 6.07. The number of thiophene rings is 1. The molecule has 0 bridgehead atoms. The third-order valence-electron chi connectivity index (χ3n) is 2.23. The molecule has 2 N–H and O–H groups in total. The van der Waals surface area contributed by atoms with Crippen LogP contribution in [0.5, 0.6) is 0 Å². The van der Waals surface area contributed by atoms with E-state index in [9.17, 15) is 0 Å². The van der Waals surface area contributed by atoms with E-state index < -0.39 is 0 Å². The second-order valence-corrected chi connectivity index (χ2v) is 6.75. The van der Waals surface area contributed by atoms with Crippen LogP contribution in [0, 0.1) is 0 Å². The Balaban J connectivity index is 2.19. The van der Waals surface area contributed by atoms with Gasteiger partial charge in [0.1, 0.15) is 0 Å². The lowest BCUT2D eigenvalue weighted by Gasteiger charge is -2.18. The zero-order valence-corrected chi connectivity index (χ0v) is 12.6. The van der Waals surface area contributed by atoms with Crippen LogP contribution in [-0.2, 0) is 0 Å². The van der Waals surface area contributed by atoms with E-state index in [0.29, 0.717) is 0 Å². The average Bonchev–Trinajstić information content (AvgIpc) is 2.73. The molecule has 0 saturated carbocycles. The van der Waals surface area contributed by atoms with E-state index >= 15 is 0 Å². The minimum atomic E-state index is 0.0903. The zero-order valence-electron chi connectivity index (χ0n) is 9.34. The molecule has 2 rings (SSSR count). The molecule has 0 aliphatic carbocycles. The van der Waals surface area contributed by atoms with Crippen LogP contribution in [0.25, 0.3) is 0 Å². The summed E-state index contributed by atoms with van der Waals surface area (Å²) in [5.41, 5.74) is 6.07. The van der Waals surface area contributed by atoms with Crippen LogP contribution in [0.15, 0.2) is 45.3 Å². The Morgan fingerprint density at radius 1 is 1.47 bits per heavy atom. The quantitative estimate of drug-likeness (QED) is 0.859. The first kappa shape index (κ1) is 13.1. The molecule has 17 heavy (non-hydrogen) atoms. The average molecular weight is 329 g/mol. The van der Waals surface area contributed by atoms with Crippen molar-refractivity contribution < 1.29 is 0 Å². The number of hydrogen-bond donors (Lipinski definition) is 1. The van der Waals surface area contributed by atoms with Crippen molar-refractivity contribution in [3.05, 3.63) is 45.2 Å². The van der Waals surface area contributed by atoms with Gasteiger partial charge in [-0.05, 0) is 41.1 Å². The zero-order chi connectivity index (χ0) is 12.3. The smallest absolute Gasteiger partial charge is 0.0966 e. The van der Waals surface area contributed by atoms with Gasteiger partial charge >= 0.3 is 0 Å². The van der Waals surface area contributed by atoms with Crippen molar-refractivity contribution >= 4 is 39.0 Å². The fraction of sp³-hybridized carbons (Fsp3) is 0.250. The third-order valence-corrected chi connectivity index (χ3v) is 5.58. The van der Waals surface area contributed by atoms with Gasteiger partial charge in [-0.25, -0.2) is 4.98 Å². The predicted molar refractivity (Wildman–Crippen MR) is 78.5 cm³/mol. The van der Waals surface area contributed by atoms with Gasteiger partial charge in [0.25, 0.3) is 0 Å². The summed E-state index contributed by atoms with van der Waals surface area (Å²) in [4.78, 5) is 5.61. The van der Waals surface area contributed by atoms with Crippen LogP contribution in [0.4, 0.5) is 0 Å². The Hall–Kier alpha value is -0.360. The maximum Gasteiger partial charge on any atom is 0.0966 e. The summed E-state index contributed by atoms with van der Waals surface area (Å²) in [5.74, 6) is 0. The highest BCUT2D eigenvalue weighted by molar-refractivity contribution is 9.10. The Labute approximate surface area is 118 Å². The first-order chi connectivity index (χ1) is 8.16. The SMILES string of the molecule is CC(N)C(Sc1ccccn1)c1cc(Br)cs1. The van der Waals surface area contributed by atoms with E-state index in [1.54, 1.807) is 23.1 Å². The fourth-order valence-electron chi connectivity index (χ4n) is 1.45. The summed E-state index contributed by atoms with van der Waals surface area (Å²) in [6.07, 6.45) is 1.81. The van der Waals surface area contributed by atoms with Crippen LogP contribution < -0.4 is 5.73 Å². The molecular formula is C12H13BrN2S2. The van der Waals surface area contributed by atoms with E-state index in [2.05, 4.69) is 32.4 Å². The number of aromatic nitrogens is 1. The van der Waals surface area contributed by atoms with Gasteiger partial charge < -0.3 is 5.73 Å². The lowest BCUT2D eigenvalue weighted by molar-refractivity contribution is 0.728. The monoisotopic (exact) mass is 328 g/mol. The molecule has 0 aliphatic rings. The standard InChI is InChI=1S/C12H13BrN2S2/c1-8(14)12(10-6-9(13)7-16-10)17-11-4-2-3-5-15-11/h2-8,12H,14H2,1H3. The molecule has 2 aromatic rings. The van der Waals surface area contributed by atoms with E-state index in [1.165, 1.54) is 4.88 Å². The molecule has 0 amide bonds. The molecule has 5 heteroatoms. The molecule has 0 spiro atoms. The normalized spacial score (nSPS) is 14.5. The molecule has 2 unspecified atom stereocenters. The Morgan fingerprint density at radius 2 is 2.29 bits per heavy atom. The summed E-state index contributed by atoms with van der Waals surface area (Å²) < 4.78 is 1.12. The minimum Gasteiger partial charge on any atom is -0.327 e. The Morgan fingerprint density at radius 3 is 2.82 bits per heavy atom. The van der Waals surface area contributed by atoms with Gasteiger partial charge in [-0.15, -0.1) is 11.3 Å². The lowest BCUT2D eigenvalue weighted by atomic mass is 10.2. The summed E-state index contributed by atoms with van der Waals surface area (Å²) in [6.45, 7) is 2.04. The van der Waals surface area contributed by atoms with Crippen molar-refractivity contribution in [1.29, 1.82) is 0 Å². The Kier molecular flexibility index (Phi) is 4.62. The molecule has 2 heterocycles. The third kappa shape index (κ3) is 3.55. The molecule has 2 atom stereocenters. The topological polar surface area (TPSA) is 38.9 Å². The number of hydrogen-bond acceptors (Lipinski definition) is 4. The van der Waals surface area contributed by atoms with Gasteiger partial charge in [-0.2, -0.15) is 0 Å². The molecule has 0 aliphatic heterocycles. The maximum atomic E-state index is 6.07. The second kappa shape index (κ2) is 6.00. The van der Waals surface area contributed by atoms with E-state index in [1.807, 2.05) is 31.3 Å². The second-order valence-electron chi connectivity index (χ2n) is 3.73. The van der Waals surface area contributed by atoms with Crippen LogP contribution in [-0.4, -0.2) is 11.0 Å². The summed E-state index contributed by atoms with van der Waals surface area (Å²) in [5, 5.41) is 3.35. The largest absolute Gasteiger partial charge is 0.327 e. The fourth-order valence-corrected chi connectivity index (χ4v) is 4.24. The van der Waals surface area contributed by atoms with Crippen molar-refractivity contribution in [3.63, 3.8) is 0 Å². The molecule has 0 fully saturated rings. The summed E-state index contributed by atoms with van der Waals surface area (Å²) in [7, 11) is 0. The summed E-state index contributed by atoms with van der Waals surface area (Å²) >= 11 is 6.93. The number of thioether (sulfide) groups is 1. The van der Waals surface area contributed by atoms with Gasteiger partial charge in [0.05, 0.1) is 10.3 Å². The number of halogens is 1. The molecule has 0 saturated heterocycles. The number of pyridine rings is 1. The highest BCUT2D eigenvalue weighted by atomic mass is 79.9.